The van der Waals surface area contributed by atoms with Crippen LogP contribution in [0.25, 0.3) is 0 Å². The maximum atomic E-state index is 12.1. The Hall–Kier alpha value is -0.950. The van der Waals surface area contributed by atoms with Gasteiger partial charge in [0, 0.05) is 0 Å². The van der Waals surface area contributed by atoms with Crippen LogP contribution in [-0.4, -0.2) is 23.8 Å². The molecule has 1 heterocycles. The van der Waals surface area contributed by atoms with Crippen LogP contribution in [0, 0.1) is 0 Å². The maximum Gasteiger partial charge on any atom is 0.215 e. The molecule has 0 radical (unpaired) electrons. The van der Waals surface area contributed by atoms with Crippen LogP contribution in [-0.2, 0) is 15.6 Å². The first-order valence-corrected chi connectivity index (χ1v) is 7.47. The molecular weight excluding hydrogens is 242 g/mol. The van der Waals surface area contributed by atoms with Gasteiger partial charge in [-0.15, -0.1) is 0 Å². The molecule has 0 bridgehead atoms. The SMILES string of the molecule is O=S(=O)(NC1(c2ncon2)CCCC1)C1CC1. The third-order valence-corrected chi connectivity index (χ3v) is 5.57. The summed E-state index contributed by atoms with van der Waals surface area (Å²) in [5.41, 5.74) is -0.631. The molecule has 2 aliphatic rings. The van der Waals surface area contributed by atoms with Crippen molar-refractivity contribution < 1.29 is 12.9 Å². The number of sulfonamides is 1. The first-order valence-electron chi connectivity index (χ1n) is 5.92. The number of rotatable bonds is 4. The van der Waals surface area contributed by atoms with Crippen LogP contribution in [0.15, 0.2) is 10.9 Å². The summed E-state index contributed by atoms with van der Waals surface area (Å²) >= 11 is 0. The van der Waals surface area contributed by atoms with Crippen molar-refractivity contribution in [3.8, 4) is 0 Å². The third-order valence-electron chi connectivity index (χ3n) is 3.55. The molecule has 94 valence electrons. The van der Waals surface area contributed by atoms with E-state index in [1.165, 1.54) is 6.39 Å². The quantitative estimate of drug-likeness (QED) is 0.867. The molecule has 1 N–H and O–H groups in total. The molecule has 0 atom stereocenters. The van der Waals surface area contributed by atoms with Gasteiger partial charge in [0.25, 0.3) is 0 Å². The third kappa shape index (κ3) is 1.97. The molecule has 0 saturated heterocycles. The topological polar surface area (TPSA) is 85.1 Å². The highest BCUT2D eigenvalue weighted by Gasteiger charge is 2.46. The predicted molar refractivity (Wildman–Crippen MR) is 59.5 cm³/mol. The number of hydrogen-bond donors (Lipinski definition) is 1. The molecule has 3 rings (SSSR count). The number of aromatic nitrogens is 2. The average molecular weight is 257 g/mol. The lowest BCUT2D eigenvalue weighted by Gasteiger charge is -2.26. The summed E-state index contributed by atoms with van der Waals surface area (Å²) in [5, 5.41) is 3.61. The molecule has 0 amide bonds. The Balaban J connectivity index is 1.90. The summed E-state index contributed by atoms with van der Waals surface area (Å²) in [5.74, 6) is 0.472. The Kier molecular flexibility index (Phi) is 2.48. The van der Waals surface area contributed by atoms with Crippen molar-refractivity contribution in [1.29, 1.82) is 0 Å². The van der Waals surface area contributed by atoms with Crippen LogP contribution in [0.5, 0.6) is 0 Å². The highest BCUT2D eigenvalue weighted by atomic mass is 32.2. The van der Waals surface area contributed by atoms with Gasteiger partial charge in [-0.2, -0.15) is 4.98 Å². The molecule has 2 saturated carbocycles. The highest BCUT2D eigenvalue weighted by molar-refractivity contribution is 7.90. The van der Waals surface area contributed by atoms with Gasteiger partial charge in [0.2, 0.25) is 16.4 Å². The average Bonchev–Trinajstić information content (AvgIpc) is 2.83. The van der Waals surface area contributed by atoms with Gasteiger partial charge in [-0.25, -0.2) is 13.1 Å². The van der Waals surface area contributed by atoms with Crippen LogP contribution in [0.3, 0.4) is 0 Å². The van der Waals surface area contributed by atoms with Crippen molar-refractivity contribution in [2.24, 2.45) is 0 Å². The molecule has 7 heteroatoms. The van der Waals surface area contributed by atoms with Crippen LogP contribution in [0.1, 0.15) is 44.3 Å². The molecule has 17 heavy (non-hydrogen) atoms. The van der Waals surface area contributed by atoms with Crippen LogP contribution >= 0.6 is 0 Å². The number of nitrogens with zero attached hydrogens (tertiary/aromatic N) is 2. The molecule has 0 aliphatic heterocycles. The number of nitrogens with one attached hydrogen (secondary N) is 1. The predicted octanol–water partition coefficient (Wildman–Crippen LogP) is 0.921. The smallest absolute Gasteiger partial charge is 0.215 e. The molecule has 6 nitrogen and oxygen atoms in total. The van der Waals surface area contributed by atoms with Crippen LogP contribution in [0.2, 0.25) is 0 Å². The Bertz CT molecular complexity index is 487. The summed E-state index contributed by atoms with van der Waals surface area (Å²) in [7, 11) is -3.23. The van der Waals surface area contributed by atoms with E-state index in [0.29, 0.717) is 5.82 Å². The molecule has 2 aliphatic carbocycles. The van der Waals surface area contributed by atoms with Crippen molar-refractivity contribution in [3.63, 3.8) is 0 Å². The van der Waals surface area contributed by atoms with E-state index in [1.54, 1.807) is 0 Å². The fraction of sp³-hybridized carbons (Fsp3) is 0.800. The Morgan fingerprint density at radius 1 is 1.35 bits per heavy atom. The van der Waals surface area contributed by atoms with Gasteiger partial charge in [-0.05, 0) is 25.7 Å². The van der Waals surface area contributed by atoms with E-state index in [2.05, 4.69) is 14.9 Å². The van der Waals surface area contributed by atoms with E-state index < -0.39 is 15.6 Å². The van der Waals surface area contributed by atoms with Crippen molar-refractivity contribution in [2.75, 3.05) is 0 Å². The van der Waals surface area contributed by atoms with E-state index in [0.717, 1.165) is 38.5 Å². The van der Waals surface area contributed by atoms with E-state index in [-0.39, 0.29) is 5.25 Å². The van der Waals surface area contributed by atoms with Crippen LogP contribution < -0.4 is 4.72 Å². The highest BCUT2D eigenvalue weighted by Crippen LogP contribution is 2.39. The summed E-state index contributed by atoms with van der Waals surface area (Å²) in [6, 6.07) is 0. The fourth-order valence-electron chi connectivity index (χ4n) is 2.47. The molecule has 1 aromatic heterocycles. The molecule has 2 fully saturated rings. The lowest BCUT2D eigenvalue weighted by Crippen LogP contribution is -2.45. The first-order chi connectivity index (χ1) is 8.12. The van der Waals surface area contributed by atoms with Crippen molar-refractivity contribution >= 4 is 10.0 Å². The summed E-state index contributed by atoms with van der Waals surface area (Å²) < 4.78 is 31.7. The summed E-state index contributed by atoms with van der Waals surface area (Å²) in [6.07, 6.45) is 6.25. The fourth-order valence-corrected chi connectivity index (χ4v) is 4.23. The van der Waals surface area contributed by atoms with Gasteiger partial charge >= 0.3 is 0 Å². The second kappa shape index (κ2) is 3.78. The summed E-state index contributed by atoms with van der Waals surface area (Å²) in [6.45, 7) is 0. The second-order valence-corrected chi connectivity index (χ2v) is 6.85. The lowest BCUT2D eigenvalue weighted by molar-refractivity contribution is 0.343. The Morgan fingerprint density at radius 3 is 2.59 bits per heavy atom. The largest absolute Gasteiger partial charge is 0.343 e. The first kappa shape index (κ1) is 11.2. The van der Waals surface area contributed by atoms with Crippen molar-refractivity contribution in [3.05, 3.63) is 12.2 Å². The van der Waals surface area contributed by atoms with Gasteiger partial charge in [0.05, 0.1) is 10.8 Å². The second-order valence-electron chi connectivity index (χ2n) is 4.89. The molecular formula is C10H15N3O3S. The zero-order valence-corrected chi connectivity index (χ0v) is 10.2. The van der Waals surface area contributed by atoms with Crippen LogP contribution in [0.4, 0.5) is 0 Å². The minimum atomic E-state index is -3.23. The maximum absolute atomic E-state index is 12.1. The molecule has 1 aromatic rings. The van der Waals surface area contributed by atoms with Gasteiger partial charge in [0.1, 0.15) is 0 Å². The molecule has 0 spiro atoms. The van der Waals surface area contributed by atoms with Gasteiger partial charge in [-0.1, -0.05) is 18.0 Å². The minimum Gasteiger partial charge on any atom is -0.343 e. The summed E-state index contributed by atoms with van der Waals surface area (Å²) in [4.78, 5) is 4.03. The zero-order valence-electron chi connectivity index (χ0n) is 9.42. The van der Waals surface area contributed by atoms with E-state index in [1.807, 2.05) is 0 Å². The van der Waals surface area contributed by atoms with Gasteiger partial charge in [-0.3, -0.25) is 0 Å². The molecule has 0 unspecified atom stereocenters. The monoisotopic (exact) mass is 257 g/mol. The number of hydrogen-bond acceptors (Lipinski definition) is 5. The van der Waals surface area contributed by atoms with Gasteiger partial charge < -0.3 is 4.52 Å². The van der Waals surface area contributed by atoms with E-state index in [9.17, 15) is 8.42 Å². The molecule has 0 aromatic carbocycles. The lowest BCUT2D eigenvalue weighted by atomic mass is 9.99. The van der Waals surface area contributed by atoms with Gasteiger partial charge in [0.15, 0.2) is 5.82 Å². The standard InChI is InChI=1S/C10H15N3O3S/c14-17(15,8-3-4-8)13-10(5-1-2-6-10)9-11-7-16-12-9/h7-8,13H,1-6H2. The minimum absolute atomic E-state index is 0.216. The normalized spacial score (nSPS) is 24.0. The van der Waals surface area contributed by atoms with E-state index >= 15 is 0 Å². The Labute approximate surface area is 99.8 Å². The zero-order chi connectivity index (χ0) is 11.9. The van der Waals surface area contributed by atoms with E-state index in [4.69, 9.17) is 4.52 Å². The Morgan fingerprint density at radius 2 is 2.06 bits per heavy atom. The van der Waals surface area contributed by atoms with Crippen molar-refractivity contribution in [2.45, 2.75) is 49.3 Å². The van der Waals surface area contributed by atoms with Crippen molar-refractivity contribution in [1.82, 2.24) is 14.9 Å².